The van der Waals surface area contributed by atoms with Crippen molar-refractivity contribution < 1.29 is 18.0 Å². The van der Waals surface area contributed by atoms with Crippen LogP contribution in [0.25, 0.3) is 5.69 Å². The molecule has 0 spiro atoms. The summed E-state index contributed by atoms with van der Waals surface area (Å²) in [5, 5.41) is 11.9. The summed E-state index contributed by atoms with van der Waals surface area (Å²) in [6, 6.07) is 12.9. The van der Waals surface area contributed by atoms with E-state index >= 15 is 0 Å². The molecule has 9 nitrogen and oxygen atoms in total. The number of rotatable bonds is 8. The number of sulfone groups is 1. The minimum atomic E-state index is -4.06. The molecule has 1 N–H and O–H groups in total. The van der Waals surface area contributed by atoms with E-state index in [4.69, 9.17) is 23.2 Å². The lowest BCUT2D eigenvalue weighted by atomic mass is 9.94. The zero-order valence-corrected chi connectivity index (χ0v) is 26.1. The Morgan fingerprint density at radius 1 is 1.09 bits per heavy atom. The van der Waals surface area contributed by atoms with Gasteiger partial charge in [0.1, 0.15) is 17.4 Å². The van der Waals surface area contributed by atoms with E-state index in [0.717, 1.165) is 11.4 Å². The number of halogens is 2. The smallest absolute Gasteiger partial charge is 0.244 e. The highest BCUT2D eigenvalue weighted by molar-refractivity contribution is 7.92. The fraction of sp³-hybridized carbons (Fsp3) is 0.419. The van der Waals surface area contributed by atoms with Crippen LogP contribution in [0.4, 0.5) is 0 Å². The van der Waals surface area contributed by atoms with Crippen LogP contribution in [-0.4, -0.2) is 58.1 Å². The lowest BCUT2D eigenvalue weighted by molar-refractivity contribution is -0.140. The summed E-state index contributed by atoms with van der Waals surface area (Å²) in [5.74, 6) is 0.142. The Morgan fingerprint density at radius 3 is 2.37 bits per heavy atom. The second-order valence-electron chi connectivity index (χ2n) is 12.1. The molecule has 2 aliphatic carbocycles. The first-order chi connectivity index (χ1) is 20.4. The van der Waals surface area contributed by atoms with Crippen LogP contribution < -0.4 is 5.32 Å². The number of carbonyl (C=O) groups excluding carboxylic acids is 2. The predicted molar refractivity (Wildman–Crippen MR) is 162 cm³/mol. The van der Waals surface area contributed by atoms with Crippen LogP contribution in [0.2, 0.25) is 10.0 Å². The van der Waals surface area contributed by atoms with Gasteiger partial charge in [-0.15, -0.1) is 0 Å². The fourth-order valence-corrected chi connectivity index (χ4v) is 8.37. The largest absolute Gasteiger partial charge is 0.336 e. The van der Waals surface area contributed by atoms with Crippen LogP contribution in [0.3, 0.4) is 0 Å². The molecule has 2 heterocycles. The first-order valence-electron chi connectivity index (χ1n) is 14.3. The van der Waals surface area contributed by atoms with Gasteiger partial charge < -0.3 is 14.8 Å². The van der Waals surface area contributed by atoms with Gasteiger partial charge in [-0.1, -0.05) is 49.2 Å². The molecule has 0 unspecified atom stereocenters. The number of hydrogen-bond acceptors (Lipinski definition) is 6. The number of amides is 2. The summed E-state index contributed by atoms with van der Waals surface area (Å²) in [5.41, 5.74) is -0.346. The highest BCUT2D eigenvalue weighted by atomic mass is 35.5. The molecule has 2 amide bonds. The Balaban J connectivity index is 1.31. The normalized spacial score (nSPS) is 21.8. The first kappa shape index (κ1) is 29.7. The molecule has 3 fully saturated rings. The lowest BCUT2D eigenvalue weighted by Gasteiger charge is -2.29. The van der Waals surface area contributed by atoms with E-state index < -0.39 is 38.0 Å². The monoisotopic (exact) mass is 639 g/mol. The topological polar surface area (TPSA) is 125 Å². The highest BCUT2D eigenvalue weighted by Crippen LogP contribution is 2.51. The number of aromatic nitrogens is 2. The number of benzene rings is 2. The maximum absolute atomic E-state index is 14.1. The van der Waals surface area contributed by atoms with Gasteiger partial charge in [0, 0.05) is 35.6 Å². The Bertz CT molecular complexity index is 1750. The molecule has 12 heteroatoms. The molecule has 3 aromatic rings. The zero-order valence-electron chi connectivity index (χ0n) is 23.8. The third-order valence-corrected chi connectivity index (χ3v) is 11.7. The maximum atomic E-state index is 14.1. The molecule has 2 atom stereocenters. The third-order valence-electron chi connectivity index (χ3n) is 8.83. The van der Waals surface area contributed by atoms with Gasteiger partial charge in [-0.25, -0.2) is 13.4 Å². The molecular formula is C31H31Cl2N5O4S. The lowest BCUT2D eigenvalue weighted by Crippen LogP contribution is -2.51. The van der Waals surface area contributed by atoms with E-state index in [0.29, 0.717) is 36.4 Å². The summed E-state index contributed by atoms with van der Waals surface area (Å²) in [7, 11) is -4.06. The van der Waals surface area contributed by atoms with Gasteiger partial charge in [-0.3, -0.25) is 9.59 Å². The minimum absolute atomic E-state index is 0.0490. The van der Waals surface area contributed by atoms with Crippen LogP contribution in [-0.2, 0) is 24.8 Å². The van der Waals surface area contributed by atoms with E-state index in [-0.39, 0.29) is 34.7 Å². The number of imidazole rings is 1. The number of hydrogen-bond donors (Lipinski definition) is 1. The zero-order chi connectivity index (χ0) is 30.7. The second kappa shape index (κ2) is 10.7. The summed E-state index contributed by atoms with van der Waals surface area (Å²) < 4.78 is 30.0. The maximum Gasteiger partial charge on any atom is 0.244 e. The molecule has 1 aromatic heterocycles. The molecule has 43 heavy (non-hydrogen) atoms. The molecule has 0 bridgehead atoms. The Hall–Kier alpha value is -3.39. The number of nitrogens with one attached hydrogen (secondary N) is 1. The molecule has 1 saturated heterocycles. The van der Waals surface area contributed by atoms with Gasteiger partial charge >= 0.3 is 0 Å². The highest BCUT2D eigenvalue weighted by Gasteiger charge is 2.58. The quantitative estimate of drug-likeness (QED) is 0.372. The van der Waals surface area contributed by atoms with Gasteiger partial charge in [0.05, 0.1) is 26.7 Å². The van der Waals surface area contributed by atoms with E-state index in [9.17, 15) is 23.3 Å². The van der Waals surface area contributed by atoms with Crippen molar-refractivity contribution in [3.8, 4) is 11.8 Å². The van der Waals surface area contributed by atoms with E-state index in [2.05, 4.69) is 16.4 Å². The van der Waals surface area contributed by atoms with Crippen molar-refractivity contribution in [2.75, 3.05) is 6.54 Å². The van der Waals surface area contributed by atoms with E-state index in [1.54, 1.807) is 48.8 Å². The van der Waals surface area contributed by atoms with Crippen molar-refractivity contribution >= 4 is 44.9 Å². The van der Waals surface area contributed by atoms with Crippen molar-refractivity contribution in [2.24, 2.45) is 0 Å². The third kappa shape index (κ3) is 5.22. The summed E-state index contributed by atoms with van der Waals surface area (Å²) in [6.07, 6.45) is 5.57. The standard InChI is InChI=1S/C31H31Cl2N5O4S/c1-19(2)27-35-13-14-37(27)22-7-8-26(24(33)15-22)43(41,42)23-16-25(28(39)36-30(18-34)9-10-30)38(17-23)29(40)31(11-12-31)20-3-5-21(32)6-4-20/h3-8,13-15,19,23,25H,9-12,16-17H2,1-2H3,(H,36,39)/t23-,25+/m1/s1. The minimum Gasteiger partial charge on any atom is -0.336 e. The van der Waals surface area contributed by atoms with Crippen molar-refractivity contribution in [2.45, 2.75) is 79.0 Å². The molecule has 2 aromatic carbocycles. The molecule has 1 aliphatic heterocycles. The number of nitrogens with zero attached hydrogens (tertiary/aromatic N) is 4. The molecule has 0 radical (unpaired) electrons. The molecule has 3 aliphatic rings. The van der Waals surface area contributed by atoms with Crippen LogP contribution in [0.1, 0.15) is 63.3 Å². The summed E-state index contributed by atoms with van der Waals surface area (Å²) in [6.45, 7) is 3.87. The molecule has 2 saturated carbocycles. The number of likely N-dealkylation sites (tertiary alicyclic amines) is 1. The van der Waals surface area contributed by atoms with Crippen LogP contribution in [0.15, 0.2) is 59.8 Å². The van der Waals surface area contributed by atoms with Crippen LogP contribution in [0, 0.1) is 11.3 Å². The van der Waals surface area contributed by atoms with Crippen LogP contribution in [0.5, 0.6) is 0 Å². The molecular weight excluding hydrogens is 609 g/mol. The second-order valence-corrected chi connectivity index (χ2v) is 15.1. The average Bonchev–Trinajstić information content (AvgIpc) is 3.83. The first-order valence-corrected chi connectivity index (χ1v) is 16.6. The van der Waals surface area contributed by atoms with Gasteiger partial charge in [0.15, 0.2) is 9.84 Å². The van der Waals surface area contributed by atoms with Gasteiger partial charge in [0.2, 0.25) is 11.8 Å². The number of carbonyl (C=O) groups is 2. The predicted octanol–water partition coefficient (Wildman–Crippen LogP) is 4.95. The van der Waals surface area contributed by atoms with Crippen molar-refractivity contribution in [1.29, 1.82) is 5.26 Å². The number of nitriles is 1. The van der Waals surface area contributed by atoms with Crippen molar-refractivity contribution in [3.05, 3.63) is 76.3 Å². The summed E-state index contributed by atoms with van der Waals surface area (Å²) in [4.78, 5) is 33.4. The summed E-state index contributed by atoms with van der Waals surface area (Å²) >= 11 is 12.7. The Labute approximate surface area is 260 Å². The van der Waals surface area contributed by atoms with Gasteiger partial charge in [0.25, 0.3) is 0 Å². The Morgan fingerprint density at radius 2 is 1.79 bits per heavy atom. The van der Waals surface area contributed by atoms with Gasteiger partial charge in [-0.05, 0) is 68.0 Å². The van der Waals surface area contributed by atoms with Crippen LogP contribution >= 0.6 is 23.2 Å². The average molecular weight is 641 g/mol. The van der Waals surface area contributed by atoms with E-state index in [1.165, 1.54) is 11.0 Å². The SMILES string of the molecule is CC(C)c1nccn1-c1ccc(S(=O)(=O)[C@@H]2C[C@@H](C(=O)NC3(C#N)CC3)N(C(=O)C3(c4ccc(Cl)cc4)CC3)C2)c(Cl)c1. The van der Waals surface area contributed by atoms with E-state index in [1.807, 2.05) is 18.4 Å². The molecule has 224 valence electrons. The molecule has 6 rings (SSSR count). The van der Waals surface area contributed by atoms with Crippen molar-refractivity contribution in [3.63, 3.8) is 0 Å². The fourth-order valence-electron chi connectivity index (χ4n) is 6.01. The Kier molecular flexibility index (Phi) is 7.35. The van der Waals surface area contributed by atoms with Gasteiger partial charge in [-0.2, -0.15) is 5.26 Å². The van der Waals surface area contributed by atoms with Crippen molar-refractivity contribution in [1.82, 2.24) is 19.8 Å².